The number of hydrogen-bond donors (Lipinski definition) is 1. The standard InChI is InChI=1S/C12H17NOS2/c1-15-12-4-2-10(3-5-12)13-11-6-8-16(14)9-7-11/h2-5,11,13H,6-9H2,1H3. The molecule has 0 saturated carbocycles. The molecule has 1 aromatic carbocycles. The minimum Gasteiger partial charge on any atom is -0.382 e. The largest absolute Gasteiger partial charge is 0.382 e. The van der Waals surface area contributed by atoms with Crippen molar-refractivity contribution in [1.29, 1.82) is 0 Å². The summed E-state index contributed by atoms with van der Waals surface area (Å²) in [6.07, 6.45) is 4.13. The Kier molecular flexibility index (Phi) is 4.29. The maximum absolute atomic E-state index is 11.2. The van der Waals surface area contributed by atoms with Gasteiger partial charge in [-0.05, 0) is 43.4 Å². The lowest BCUT2D eigenvalue weighted by molar-refractivity contribution is 0.624. The molecule has 1 heterocycles. The third-order valence-corrected chi connectivity index (χ3v) is 4.97. The fourth-order valence-electron chi connectivity index (χ4n) is 1.86. The third-order valence-electron chi connectivity index (χ3n) is 2.85. The molecule has 0 radical (unpaired) electrons. The van der Waals surface area contributed by atoms with Crippen LogP contribution in [-0.4, -0.2) is 28.0 Å². The van der Waals surface area contributed by atoms with Crippen molar-refractivity contribution in [3.8, 4) is 0 Å². The molecule has 2 nitrogen and oxygen atoms in total. The van der Waals surface area contributed by atoms with Crippen LogP contribution in [0.3, 0.4) is 0 Å². The molecule has 1 aliphatic heterocycles. The molecular formula is C12H17NOS2. The van der Waals surface area contributed by atoms with Gasteiger partial charge < -0.3 is 5.32 Å². The molecule has 1 aliphatic rings. The second kappa shape index (κ2) is 5.73. The first-order valence-electron chi connectivity index (χ1n) is 5.53. The van der Waals surface area contributed by atoms with Gasteiger partial charge in [-0.1, -0.05) is 0 Å². The number of nitrogens with one attached hydrogen (secondary N) is 1. The molecule has 0 aromatic heterocycles. The van der Waals surface area contributed by atoms with E-state index in [-0.39, 0.29) is 0 Å². The molecule has 2 rings (SSSR count). The predicted molar refractivity (Wildman–Crippen MR) is 72.7 cm³/mol. The van der Waals surface area contributed by atoms with Gasteiger partial charge in [0.2, 0.25) is 0 Å². The van der Waals surface area contributed by atoms with E-state index in [9.17, 15) is 4.21 Å². The highest BCUT2D eigenvalue weighted by Gasteiger charge is 2.17. The van der Waals surface area contributed by atoms with Crippen molar-refractivity contribution in [2.75, 3.05) is 23.1 Å². The molecule has 16 heavy (non-hydrogen) atoms. The molecule has 0 amide bonds. The summed E-state index contributed by atoms with van der Waals surface area (Å²) in [6, 6.07) is 9.01. The van der Waals surface area contributed by atoms with Crippen LogP contribution in [0, 0.1) is 0 Å². The fraction of sp³-hybridized carbons (Fsp3) is 0.500. The van der Waals surface area contributed by atoms with E-state index in [1.165, 1.54) is 10.6 Å². The summed E-state index contributed by atoms with van der Waals surface area (Å²) >= 11 is 1.76. The number of hydrogen-bond acceptors (Lipinski definition) is 3. The monoisotopic (exact) mass is 255 g/mol. The van der Waals surface area contributed by atoms with Crippen LogP contribution in [-0.2, 0) is 10.8 Å². The van der Waals surface area contributed by atoms with Crippen molar-refractivity contribution in [3.63, 3.8) is 0 Å². The first-order chi connectivity index (χ1) is 7.78. The average molecular weight is 255 g/mol. The quantitative estimate of drug-likeness (QED) is 0.842. The topological polar surface area (TPSA) is 29.1 Å². The van der Waals surface area contributed by atoms with E-state index in [1.54, 1.807) is 11.8 Å². The Bertz CT molecular complexity index is 354. The highest BCUT2D eigenvalue weighted by molar-refractivity contribution is 7.98. The van der Waals surface area contributed by atoms with E-state index in [4.69, 9.17) is 0 Å². The van der Waals surface area contributed by atoms with Gasteiger partial charge in [-0.25, -0.2) is 0 Å². The second-order valence-electron chi connectivity index (χ2n) is 4.00. The molecule has 4 heteroatoms. The van der Waals surface area contributed by atoms with E-state index in [1.807, 2.05) is 0 Å². The molecule has 1 aromatic rings. The van der Waals surface area contributed by atoms with Crippen LogP contribution in [0.5, 0.6) is 0 Å². The van der Waals surface area contributed by atoms with Crippen LogP contribution in [0.2, 0.25) is 0 Å². The molecule has 0 spiro atoms. The smallest absolute Gasteiger partial charge is 0.0343 e. The van der Waals surface area contributed by atoms with E-state index in [0.717, 1.165) is 24.3 Å². The predicted octanol–water partition coefficient (Wildman–Crippen LogP) is 2.73. The van der Waals surface area contributed by atoms with Crippen LogP contribution in [0.15, 0.2) is 29.2 Å². The zero-order valence-electron chi connectivity index (χ0n) is 9.44. The highest BCUT2D eigenvalue weighted by Crippen LogP contribution is 2.20. The Morgan fingerprint density at radius 1 is 1.25 bits per heavy atom. The summed E-state index contributed by atoms with van der Waals surface area (Å²) < 4.78 is 11.2. The summed E-state index contributed by atoms with van der Waals surface area (Å²) in [5.41, 5.74) is 1.18. The van der Waals surface area contributed by atoms with Crippen molar-refractivity contribution in [2.24, 2.45) is 0 Å². The van der Waals surface area contributed by atoms with Crippen LogP contribution in [0.4, 0.5) is 5.69 Å². The van der Waals surface area contributed by atoms with Crippen molar-refractivity contribution >= 4 is 28.2 Å². The fourth-order valence-corrected chi connectivity index (χ4v) is 3.57. The molecule has 1 saturated heterocycles. The second-order valence-corrected chi connectivity index (χ2v) is 6.57. The van der Waals surface area contributed by atoms with Crippen LogP contribution in [0.1, 0.15) is 12.8 Å². The van der Waals surface area contributed by atoms with E-state index >= 15 is 0 Å². The summed E-state index contributed by atoms with van der Waals surface area (Å²) in [4.78, 5) is 1.29. The van der Waals surface area contributed by atoms with Crippen molar-refractivity contribution in [1.82, 2.24) is 0 Å². The zero-order valence-corrected chi connectivity index (χ0v) is 11.1. The van der Waals surface area contributed by atoms with Gasteiger partial charge in [0.15, 0.2) is 0 Å². The maximum Gasteiger partial charge on any atom is 0.0343 e. The molecule has 1 N–H and O–H groups in total. The number of benzene rings is 1. The van der Waals surface area contributed by atoms with Gasteiger partial charge in [0.25, 0.3) is 0 Å². The van der Waals surface area contributed by atoms with Gasteiger partial charge in [0.05, 0.1) is 0 Å². The van der Waals surface area contributed by atoms with Crippen LogP contribution < -0.4 is 5.32 Å². The lowest BCUT2D eigenvalue weighted by Crippen LogP contribution is -2.29. The van der Waals surface area contributed by atoms with Crippen molar-refractivity contribution in [3.05, 3.63) is 24.3 Å². The minimum atomic E-state index is -0.567. The Labute approximate surface area is 104 Å². The highest BCUT2D eigenvalue weighted by atomic mass is 32.2. The van der Waals surface area contributed by atoms with Crippen molar-refractivity contribution in [2.45, 2.75) is 23.8 Å². The van der Waals surface area contributed by atoms with E-state index in [0.29, 0.717) is 6.04 Å². The SMILES string of the molecule is CSc1ccc(NC2CCS(=O)CC2)cc1. The van der Waals surface area contributed by atoms with Crippen LogP contribution in [0.25, 0.3) is 0 Å². The molecule has 0 aliphatic carbocycles. The lowest BCUT2D eigenvalue weighted by Gasteiger charge is -2.23. The molecule has 1 fully saturated rings. The van der Waals surface area contributed by atoms with Crippen molar-refractivity contribution < 1.29 is 4.21 Å². The summed E-state index contributed by atoms with van der Waals surface area (Å²) in [7, 11) is -0.567. The van der Waals surface area contributed by atoms with E-state index in [2.05, 4.69) is 35.8 Å². The first kappa shape index (κ1) is 12.0. The molecule has 0 bridgehead atoms. The normalized spacial score (nSPS) is 25.3. The number of anilines is 1. The summed E-state index contributed by atoms with van der Waals surface area (Å²) in [5.74, 6) is 1.70. The van der Waals surface area contributed by atoms with Gasteiger partial charge in [-0.2, -0.15) is 0 Å². The average Bonchev–Trinajstić information content (AvgIpc) is 2.33. The molecular weight excluding hydrogens is 238 g/mol. The van der Waals surface area contributed by atoms with E-state index < -0.39 is 10.8 Å². The van der Waals surface area contributed by atoms with Gasteiger partial charge in [0.1, 0.15) is 0 Å². The molecule has 0 unspecified atom stereocenters. The zero-order chi connectivity index (χ0) is 11.4. The summed E-state index contributed by atoms with van der Waals surface area (Å²) in [5, 5.41) is 3.51. The van der Waals surface area contributed by atoms with Gasteiger partial charge in [-0.3, -0.25) is 4.21 Å². The summed E-state index contributed by atoms with van der Waals surface area (Å²) in [6.45, 7) is 0. The lowest BCUT2D eigenvalue weighted by atomic mass is 10.1. The first-order valence-corrected chi connectivity index (χ1v) is 8.25. The van der Waals surface area contributed by atoms with Gasteiger partial charge in [0, 0.05) is 38.9 Å². The van der Waals surface area contributed by atoms with Gasteiger partial charge in [-0.15, -0.1) is 11.8 Å². The maximum atomic E-state index is 11.2. The number of thioether (sulfide) groups is 1. The minimum absolute atomic E-state index is 0.498. The number of rotatable bonds is 3. The Morgan fingerprint density at radius 3 is 2.44 bits per heavy atom. The van der Waals surface area contributed by atoms with Gasteiger partial charge >= 0.3 is 0 Å². The molecule has 0 atom stereocenters. The Morgan fingerprint density at radius 2 is 1.88 bits per heavy atom. The third kappa shape index (κ3) is 3.25. The Balaban J connectivity index is 1.90. The molecule has 88 valence electrons. The van der Waals surface area contributed by atoms with Crippen LogP contribution >= 0.6 is 11.8 Å². The Hall–Kier alpha value is -0.480.